The summed E-state index contributed by atoms with van der Waals surface area (Å²) >= 11 is 0. The van der Waals surface area contributed by atoms with Crippen LogP contribution < -0.4 is 0 Å². The number of aldehydes is 1. The Kier molecular flexibility index (Phi) is 2.87. The van der Waals surface area contributed by atoms with Crippen molar-refractivity contribution in [1.82, 2.24) is 0 Å². The van der Waals surface area contributed by atoms with E-state index in [9.17, 15) is 9.59 Å². The summed E-state index contributed by atoms with van der Waals surface area (Å²) in [7, 11) is 0. The molecule has 0 bridgehead atoms. The second kappa shape index (κ2) is 3.30. The highest BCUT2D eigenvalue weighted by Crippen LogP contribution is 1.74. The van der Waals surface area contributed by atoms with Gasteiger partial charge in [-0.3, -0.25) is 0 Å². The highest BCUT2D eigenvalue weighted by molar-refractivity contribution is 5.83. The van der Waals surface area contributed by atoms with Crippen LogP contribution in [0.5, 0.6) is 0 Å². The zero-order valence-corrected chi connectivity index (χ0v) is 3.46. The summed E-state index contributed by atoms with van der Waals surface area (Å²) < 4.78 is 0. The maximum Gasteiger partial charge on any atom is 0.349 e. The molecule has 0 saturated heterocycles. The van der Waals surface area contributed by atoms with Gasteiger partial charge in [0.05, 0.1) is 0 Å². The zero-order chi connectivity index (χ0) is 5.70. The van der Waals surface area contributed by atoms with Gasteiger partial charge in [-0.15, -0.1) is 0 Å². The molecule has 0 aliphatic heterocycles. The molecule has 4 nitrogen and oxygen atoms in total. The predicted octanol–water partition coefficient (Wildman–Crippen LogP) is -0.408. The fraction of sp³-hybridized carbons (Fsp3) is 0.333. The summed E-state index contributed by atoms with van der Waals surface area (Å²) in [6, 6.07) is 0. The molecule has 0 atom stereocenters. The van der Waals surface area contributed by atoms with E-state index in [4.69, 9.17) is 5.26 Å². The maximum absolute atomic E-state index is 9.71. The molecule has 0 aliphatic carbocycles. The first-order valence-electron chi connectivity index (χ1n) is 1.59. The molecule has 0 aliphatic rings. The van der Waals surface area contributed by atoms with Crippen LogP contribution in [0.2, 0.25) is 0 Å². The van der Waals surface area contributed by atoms with Crippen molar-refractivity contribution >= 4 is 12.3 Å². The van der Waals surface area contributed by atoms with Crippen LogP contribution in [0, 0.1) is 0 Å². The molecule has 0 radical (unpaired) electrons. The van der Waals surface area contributed by atoms with Gasteiger partial charge in [0.25, 0.3) is 0 Å². The largest absolute Gasteiger partial charge is 0.349 e. The van der Waals surface area contributed by atoms with Crippen molar-refractivity contribution in [2.45, 2.75) is 6.42 Å². The molecule has 0 spiro atoms. The molecule has 0 amide bonds. The van der Waals surface area contributed by atoms with Gasteiger partial charge in [0, 0.05) is 0 Å². The third-order valence-corrected chi connectivity index (χ3v) is 0.352. The molecule has 0 fully saturated rings. The van der Waals surface area contributed by atoms with Crippen LogP contribution >= 0.6 is 0 Å². The standard InChI is InChI=1S/C3H4O4/c4-2-1-3(5)7-6/h2,6H,1H2. The topological polar surface area (TPSA) is 63.6 Å². The summed E-state index contributed by atoms with van der Waals surface area (Å²) in [6.07, 6.45) is -0.0466. The fourth-order valence-electron chi connectivity index (χ4n) is 0.105. The molecular weight excluding hydrogens is 100 g/mol. The van der Waals surface area contributed by atoms with Gasteiger partial charge in [0.2, 0.25) is 0 Å². The van der Waals surface area contributed by atoms with E-state index >= 15 is 0 Å². The van der Waals surface area contributed by atoms with Crippen LogP contribution in [0.3, 0.4) is 0 Å². The summed E-state index contributed by atoms with van der Waals surface area (Å²) in [6.45, 7) is 0. The van der Waals surface area contributed by atoms with E-state index in [0.717, 1.165) is 0 Å². The fourth-order valence-corrected chi connectivity index (χ4v) is 0.105. The molecule has 7 heavy (non-hydrogen) atoms. The van der Waals surface area contributed by atoms with Crippen molar-refractivity contribution < 1.29 is 19.7 Å². The average Bonchev–Trinajstić information content (AvgIpc) is 1.68. The molecule has 0 aromatic rings. The third kappa shape index (κ3) is 2.92. The first-order chi connectivity index (χ1) is 3.31. The molecule has 40 valence electrons. The molecule has 0 heterocycles. The van der Waals surface area contributed by atoms with Crippen LogP contribution in [0.1, 0.15) is 6.42 Å². The Morgan fingerprint density at radius 2 is 2.43 bits per heavy atom. The summed E-state index contributed by atoms with van der Waals surface area (Å²) in [5.41, 5.74) is 0. The van der Waals surface area contributed by atoms with E-state index in [1.165, 1.54) is 0 Å². The van der Waals surface area contributed by atoms with Crippen LogP contribution in [0.15, 0.2) is 0 Å². The quantitative estimate of drug-likeness (QED) is 0.224. The number of carbonyl (C=O) groups excluding carboxylic acids is 2. The van der Waals surface area contributed by atoms with E-state index in [-0.39, 0.29) is 0 Å². The molecule has 0 aromatic carbocycles. The van der Waals surface area contributed by atoms with Crippen molar-refractivity contribution in [3.63, 3.8) is 0 Å². The predicted molar refractivity (Wildman–Crippen MR) is 19.4 cm³/mol. The first-order valence-corrected chi connectivity index (χ1v) is 1.59. The maximum atomic E-state index is 9.71. The number of carbonyl (C=O) groups is 2. The van der Waals surface area contributed by atoms with Gasteiger partial charge in [-0.1, -0.05) is 0 Å². The van der Waals surface area contributed by atoms with Gasteiger partial charge >= 0.3 is 5.97 Å². The van der Waals surface area contributed by atoms with Crippen LogP contribution in [0.25, 0.3) is 0 Å². The Hall–Kier alpha value is -0.900. The Morgan fingerprint density at radius 1 is 1.86 bits per heavy atom. The minimum absolute atomic E-state index is 0.346. The lowest BCUT2D eigenvalue weighted by molar-refractivity contribution is -0.233. The zero-order valence-electron chi connectivity index (χ0n) is 3.46. The van der Waals surface area contributed by atoms with Gasteiger partial charge in [0.1, 0.15) is 12.7 Å². The van der Waals surface area contributed by atoms with Crippen molar-refractivity contribution in [2.75, 3.05) is 0 Å². The molecule has 0 aromatic heterocycles. The Balaban J connectivity index is 3.17. The Morgan fingerprint density at radius 3 is 2.57 bits per heavy atom. The molecular formula is C3H4O4. The lowest BCUT2D eigenvalue weighted by Gasteiger charge is -1.83. The lowest BCUT2D eigenvalue weighted by atomic mass is 10.5. The van der Waals surface area contributed by atoms with E-state index in [1.54, 1.807) is 0 Å². The van der Waals surface area contributed by atoms with Gasteiger partial charge in [-0.05, 0) is 0 Å². The molecule has 4 heteroatoms. The Bertz CT molecular complexity index is 77.0. The molecule has 0 rings (SSSR count). The van der Waals surface area contributed by atoms with Crippen molar-refractivity contribution in [2.24, 2.45) is 0 Å². The van der Waals surface area contributed by atoms with Crippen LogP contribution in [-0.2, 0) is 14.5 Å². The second-order valence-corrected chi connectivity index (χ2v) is 0.834. The van der Waals surface area contributed by atoms with Crippen molar-refractivity contribution in [3.8, 4) is 0 Å². The summed E-state index contributed by atoms with van der Waals surface area (Å²) in [4.78, 5) is 22.2. The van der Waals surface area contributed by atoms with E-state index in [1.807, 2.05) is 0 Å². The first kappa shape index (κ1) is 6.10. The molecule has 0 saturated carbocycles. The molecule has 1 N–H and O–H groups in total. The third-order valence-electron chi connectivity index (χ3n) is 0.352. The van der Waals surface area contributed by atoms with Crippen molar-refractivity contribution in [1.29, 1.82) is 0 Å². The van der Waals surface area contributed by atoms with Crippen molar-refractivity contribution in [3.05, 3.63) is 0 Å². The summed E-state index contributed by atoms with van der Waals surface area (Å²) in [5.74, 6) is -0.935. The van der Waals surface area contributed by atoms with Gasteiger partial charge < -0.3 is 9.68 Å². The van der Waals surface area contributed by atoms with E-state index < -0.39 is 12.4 Å². The minimum atomic E-state index is -0.935. The van der Waals surface area contributed by atoms with Crippen LogP contribution in [-0.4, -0.2) is 17.5 Å². The Labute approximate surface area is 39.6 Å². The van der Waals surface area contributed by atoms with E-state index in [0.29, 0.717) is 6.29 Å². The molecule has 0 unspecified atom stereocenters. The van der Waals surface area contributed by atoms with Gasteiger partial charge in [0.15, 0.2) is 0 Å². The smallest absolute Gasteiger partial charge is 0.303 e. The highest BCUT2D eigenvalue weighted by Gasteiger charge is 1.96. The average molecular weight is 104 g/mol. The minimum Gasteiger partial charge on any atom is -0.303 e. The highest BCUT2D eigenvalue weighted by atomic mass is 17.1. The number of hydrogen-bond donors (Lipinski definition) is 1. The SMILES string of the molecule is O=CCC(=O)OO. The normalized spacial score (nSPS) is 7.57. The monoisotopic (exact) mass is 104 g/mol. The second-order valence-electron chi connectivity index (χ2n) is 0.834. The summed E-state index contributed by atoms with van der Waals surface area (Å²) in [5, 5.41) is 7.46. The van der Waals surface area contributed by atoms with Crippen LogP contribution in [0.4, 0.5) is 0 Å². The van der Waals surface area contributed by atoms with Gasteiger partial charge in [-0.2, -0.15) is 5.26 Å². The van der Waals surface area contributed by atoms with E-state index in [2.05, 4.69) is 4.89 Å². The van der Waals surface area contributed by atoms with Gasteiger partial charge in [-0.25, -0.2) is 4.79 Å². The number of hydrogen-bond acceptors (Lipinski definition) is 4. The lowest BCUT2D eigenvalue weighted by Crippen LogP contribution is -1.99. The number of rotatable bonds is 2.